The number of hydrogen-bond donors (Lipinski definition) is 1. The zero-order chi connectivity index (χ0) is 24.7. The SMILES string of the molecule is C=CCc1cc(/C=C2/SC(=O)N(CC(=O)Nc3ccc(Br)cc3)C2=O)cc(OCC)c1OCC. The van der Waals surface area contributed by atoms with E-state index in [1.54, 1.807) is 42.5 Å². The number of ether oxygens (including phenoxy) is 2. The summed E-state index contributed by atoms with van der Waals surface area (Å²) in [6, 6.07) is 10.7. The van der Waals surface area contributed by atoms with Crippen LogP contribution in [0.2, 0.25) is 0 Å². The molecule has 1 saturated heterocycles. The zero-order valence-electron chi connectivity index (χ0n) is 18.9. The number of rotatable bonds is 10. The van der Waals surface area contributed by atoms with Crippen LogP contribution in [0.4, 0.5) is 10.5 Å². The summed E-state index contributed by atoms with van der Waals surface area (Å²) in [6.45, 7) is 8.12. The maximum Gasteiger partial charge on any atom is 0.294 e. The van der Waals surface area contributed by atoms with Crippen LogP contribution in [0.3, 0.4) is 0 Å². The second-order valence-corrected chi connectivity index (χ2v) is 9.10. The van der Waals surface area contributed by atoms with Gasteiger partial charge in [-0.1, -0.05) is 22.0 Å². The van der Waals surface area contributed by atoms with Gasteiger partial charge in [0.25, 0.3) is 11.1 Å². The van der Waals surface area contributed by atoms with E-state index < -0.39 is 17.1 Å². The number of anilines is 1. The maximum absolute atomic E-state index is 12.9. The van der Waals surface area contributed by atoms with Crippen molar-refractivity contribution >= 4 is 56.5 Å². The highest BCUT2D eigenvalue weighted by Crippen LogP contribution is 2.37. The molecule has 2 aromatic rings. The minimum atomic E-state index is -0.516. The van der Waals surface area contributed by atoms with Crippen molar-refractivity contribution in [3.05, 3.63) is 69.6 Å². The number of hydrogen-bond acceptors (Lipinski definition) is 6. The van der Waals surface area contributed by atoms with Crippen molar-refractivity contribution in [2.24, 2.45) is 0 Å². The first-order valence-corrected chi connectivity index (χ1v) is 12.3. The molecule has 3 amide bonds. The Balaban J connectivity index is 1.81. The molecule has 1 heterocycles. The Kier molecular flexibility index (Phi) is 8.95. The first-order valence-electron chi connectivity index (χ1n) is 10.7. The predicted molar refractivity (Wildman–Crippen MR) is 138 cm³/mol. The molecule has 1 fully saturated rings. The van der Waals surface area contributed by atoms with Crippen molar-refractivity contribution in [2.75, 3.05) is 25.1 Å². The van der Waals surface area contributed by atoms with Gasteiger partial charge >= 0.3 is 0 Å². The van der Waals surface area contributed by atoms with Crippen LogP contribution in [0.25, 0.3) is 6.08 Å². The number of carbonyl (C=O) groups excluding carboxylic acids is 3. The average Bonchev–Trinajstić information content (AvgIpc) is 3.05. The van der Waals surface area contributed by atoms with Crippen molar-refractivity contribution < 1.29 is 23.9 Å². The zero-order valence-corrected chi connectivity index (χ0v) is 21.3. The molecular weight excluding hydrogens is 520 g/mol. The van der Waals surface area contributed by atoms with Gasteiger partial charge in [-0.2, -0.15) is 0 Å². The molecule has 1 aliphatic heterocycles. The molecule has 0 radical (unpaired) electrons. The van der Waals surface area contributed by atoms with Crippen molar-refractivity contribution in [2.45, 2.75) is 20.3 Å². The van der Waals surface area contributed by atoms with Crippen molar-refractivity contribution in [1.29, 1.82) is 0 Å². The van der Waals surface area contributed by atoms with E-state index in [9.17, 15) is 14.4 Å². The van der Waals surface area contributed by atoms with Crippen molar-refractivity contribution in [3.8, 4) is 11.5 Å². The summed E-state index contributed by atoms with van der Waals surface area (Å²) in [5.41, 5.74) is 2.12. The number of benzene rings is 2. The lowest BCUT2D eigenvalue weighted by Crippen LogP contribution is -2.36. The van der Waals surface area contributed by atoms with Gasteiger partial charge in [-0.15, -0.1) is 6.58 Å². The fourth-order valence-electron chi connectivity index (χ4n) is 3.31. The van der Waals surface area contributed by atoms with Crippen LogP contribution < -0.4 is 14.8 Å². The number of carbonyl (C=O) groups is 3. The van der Waals surface area contributed by atoms with E-state index in [0.29, 0.717) is 42.4 Å². The molecular formula is C25H25BrN2O5S. The number of imide groups is 1. The maximum atomic E-state index is 12.9. The van der Waals surface area contributed by atoms with Gasteiger partial charge < -0.3 is 14.8 Å². The second kappa shape index (κ2) is 11.9. The summed E-state index contributed by atoms with van der Waals surface area (Å²) >= 11 is 4.13. The highest BCUT2D eigenvalue weighted by Gasteiger charge is 2.36. The molecule has 178 valence electrons. The van der Waals surface area contributed by atoms with Gasteiger partial charge in [-0.05, 0) is 80.1 Å². The summed E-state index contributed by atoms with van der Waals surface area (Å²) < 4.78 is 12.4. The molecule has 34 heavy (non-hydrogen) atoms. The number of thioether (sulfide) groups is 1. The van der Waals surface area contributed by atoms with Crippen LogP contribution in [0.15, 0.2) is 58.4 Å². The van der Waals surface area contributed by atoms with Gasteiger partial charge in [-0.3, -0.25) is 19.3 Å². The van der Waals surface area contributed by atoms with Gasteiger partial charge in [0.05, 0.1) is 18.1 Å². The number of halogens is 1. The molecule has 7 nitrogen and oxygen atoms in total. The molecule has 0 atom stereocenters. The second-order valence-electron chi connectivity index (χ2n) is 7.19. The molecule has 0 bridgehead atoms. The van der Waals surface area contributed by atoms with Gasteiger partial charge in [-0.25, -0.2) is 0 Å². The number of allylic oxidation sites excluding steroid dienone is 1. The van der Waals surface area contributed by atoms with E-state index in [2.05, 4.69) is 27.8 Å². The largest absolute Gasteiger partial charge is 0.490 e. The molecule has 0 aliphatic carbocycles. The predicted octanol–water partition coefficient (Wildman–Crippen LogP) is 5.65. The lowest BCUT2D eigenvalue weighted by molar-refractivity contribution is -0.127. The van der Waals surface area contributed by atoms with Crippen LogP contribution >= 0.6 is 27.7 Å². The highest BCUT2D eigenvalue weighted by atomic mass is 79.9. The van der Waals surface area contributed by atoms with Crippen molar-refractivity contribution in [3.63, 3.8) is 0 Å². The first-order chi connectivity index (χ1) is 16.4. The van der Waals surface area contributed by atoms with Crippen molar-refractivity contribution in [1.82, 2.24) is 4.90 Å². The molecule has 9 heteroatoms. The van der Waals surface area contributed by atoms with E-state index in [1.165, 1.54) is 0 Å². The molecule has 3 rings (SSSR count). The third-order valence-corrected chi connectivity index (χ3v) is 6.14. The van der Waals surface area contributed by atoms with E-state index >= 15 is 0 Å². The Labute approximate surface area is 211 Å². The summed E-state index contributed by atoms with van der Waals surface area (Å²) in [5, 5.41) is 2.19. The molecule has 2 aromatic carbocycles. The minimum absolute atomic E-state index is 0.234. The Morgan fingerprint density at radius 1 is 1.15 bits per heavy atom. The lowest BCUT2D eigenvalue weighted by Gasteiger charge is -2.16. The van der Waals surface area contributed by atoms with Crippen LogP contribution in [0.5, 0.6) is 11.5 Å². The average molecular weight is 545 g/mol. The fraction of sp³-hybridized carbons (Fsp3) is 0.240. The molecule has 1 aliphatic rings. The third kappa shape index (κ3) is 6.30. The number of nitrogens with one attached hydrogen (secondary N) is 1. The smallest absolute Gasteiger partial charge is 0.294 e. The third-order valence-electron chi connectivity index (χ3n) is 4.71. The van der Waals surface area contributed by atoms with Crippen LogP contribution in [0.1, 0.15) is 25.0 Å². The van der Waals surface area contributed by atoms with Crippen LogP contribution in [0, 0.1) is 0 Å². The van der Waals surface area contributed by atoms with E-state index in [1.807, 2.05) is 19.9 Å². The number of nitrogens with zero attached hydrogens (tertiary/aromatic N) is 1. The van der Waals surface area contributed by atoms with Gasteiger partial charge in [0, 0.05) is 15.7 Å². The highest BCUT2D eigenvalue weighted by molar-refractivity contribution is 9.10. The minimum Gasteiger partial charge on any atom is -0.490 e. The molecule has 0 aromatic heterocycles. The van der Waals surface area contributed by atoms with Gasteiger partial charge in [0.2, 0.25) is 5.91 Å². The topological polar surface area (TPSA) is 84.9 Å². The van der Waals surface area contributed by atoms with Gasteiger partial charge in [0.1, 0.15) is 6.54 Å². The van der Waals surface area contributed by atoms with E-state index in [4.69, 9.17) is 9.47 Å². The molecule has 1 N–H and O–H groups in total. The van der Waals surface area contributed by atoms with Crippen LogP contribution in [-0.2, 0) is 16.0 Å². The fourth-order valence-corrected chi connectivity index (χ4v) is 4.41. The Hall–Kier alpha value is -3.04. The molecule has 0 spiro atoms. The monoisotopic (exact) mass is 544 g/mol. The normalized spacial score (nSPS) is 14.4. The van der Waals surface area contributed by atoms with E-state index in [0.717, 1.165) is 26.7 Å². The Morgan fingerprint density at radius 2 is 1.85 bits per heavy atom. The summed E-state index contributed by atoms with van der Waals surface area (Å²) in [5.74, 6) is 0.221. The van der Waals surface area contributed by atoms with Gasteiger partial charge in [0.15, 0.2) is 11.5 Å². The standard InChI is InChI=1S/C25H25BrN2O5S/c1-4-7-17-12-16(13-20(32-5-2)23(17)33-6-3)14-21-24(30)28(25(31)34-21)15-22(29)27-19-10-8-18(26)9-11-19/h4,8-14H,1,5-7,15H2,2-3H3,(H,27,29)/b21-14+. The Bertz CT molecular complexity index is 1130. The summed E-state index contributed by atoms with van der Waals surface area (Å²) in [7, 11) is 0. The van der Waals surface area contributed by atoms with E-state index in [-0.39, 0.29) is 11.4 Å². The Morgan fingerprint density at radius 3 is 2.50 bits per heavy atom. The first kappa shape index (κ1) is 25.6. The number of amides is 3. The quantitative estimate of drug-likeness (QED) is 0.307. The molecule has 0 unspecified atom stereocenters. The molecule has 0 saturated carbocycles. The lowest BCUT2D eigenvalue weighted by atomic mass is 10.0. The summed E-state index contributed by atoms with van der Waals surface area (Å²) in [4.78, 5) is 39.0. The summed E-state index contributed by atoms with van der Waals surface area (Å²) in [6.07, 6.45) is 3.94. The van der Waals surface area contributed by atoms with Crippen LogP contribution in [-0.4, -0.2) is 41.7 Å².